The molecule has 1 aromatic heterocycles. The van der Waals surface area contributed by atoms with Crippen molar-refractivity contribution in [2.45, 2.75) is 20.3 Å². The summed E-state index contributed by atoms with van der Waals surface area (Å²) in [5.41, 5.74) is 3.86. The lowest BCUT2D eigenvalue weighted by atomic mass is 10.0. The van der Waals surface area contributed by atoms with Crippen molar-refractivity contribution in [2.75, 3.05) is 31.5 Å². The van der Waals surface area contributed by atoms with E-state index >= 15 is 0 Å². The van der Waals surface area contributed by atoms with E-state index in [1.54, 1.807) is 0 Å². The summed E-state index contributed by atoms with van der Waals surface area (Å²) >= 11 is 0. The number of pyridine rings is 1. The first-order chi connectivity index (χ1) is 13.7. The molecule has 1 amide bonds. The van der Waals surface area contributed by atoms with Gasteiger partial charge in [0.2, 0.25) is 0 Å². The van der Waals surface area contributed by atoms with Crippen molar-refractivity contribution in [2.24, 2.45) is 0 Å². The van der Waals surface area contributed by atoms with E-state index in [1.807, 2.05) is 53.7 Å². The number of amides is 1. The topological polar surface area (TPSA) is 57.3 Å². The van der Waals surface area contributed by atoms with Crippen LogP contribution in [0.5, 0.6) is 0 Å². The third-order valence-electron chi connectivity index (χ3n) is 4.67. The summed E-state index contributed by atoms with van der Waals surface area (Å²) in [6.45, 7) is 7.38. The van der Waals surface area contributed by atoms with Gasteiger partial charge in [0.25, 0.3) is 5.91 Å². The minimum atomic E-state index is 0.0929. The van der Waals surface area contributed by atoms with E-state index < -0.39 is 0 Å². The van der Waals surface area contributed by atoms with Crippen molar-refractivity contribution in [3.63, 3.8) is 0 Å². The standard InChI is InChI=1S/C23H28N4O/c1-3-4-6-18(2)16-25-22-10-9-21(17-26-22)19-7-5-8-20(15-19)23(28)27-13-11-24-12-14-27/h4-10,15-17,24H,3,11-14H2,1-2H3,(H,25,26)/b6-4+,18-16+. The molecule has 0 spiro atoms. The second kappa shape index (κ2) is 9.85. The van der Waals surface area contributed by atoms with Gasteiger partial charge in [0, 0.05) is 49.7 Å². The number of allylic oxidation sites excluding steroid dienone is 3. The summed E-state index contributed by atoms with van der Waals surface area (Å²) < 4.78 is 0. The fraction of sp³-hybridized carbons (Fsp3) is 0.304. The van der Waals surface area contributed by atoms with Crippen LogP contribution in [-0.2, 0) is 0 Å². The summed E-state index contributed by atoms with van der Waals surface area (Å²) in [6, 6.07) is 11.8. The zero-order chi connectivity index (χ0) is 19.8. The van der Waals surface area contributed by atoms with Crippen molar-refractivity contribution in [3.05, 3.63) is 72.1 Å². The van der Waals surface area contributed by atoms with Gasteiger partial charge in [0.15, 0.2) is 0 Å². The first kappa shape index (κ1) is 19.8. The monoisotopic (exact) mass is 376 g/mol. The molecule has 28 heavy (non-hydrogen) atoms. The van der Waals surface area contributed by atoms with Gasteiger partial charge in [-0.25, -0.2) is 4.98 Å². The lowest BCUT2D eigenvalue weighted by molar-refractivity contribution is 0.0736. The van der Waals surface area contributed by atoms with Gasteiger partial charge in [-0.15, -0.1) is 0 Å². The SMILES string of the molecule is CC/C=C/C(C)=C/Nc1ccc(-c2cccc(C(=O)N3CCNCC3)c2)cn1. The van der Waals surface area contributed by atoms with E-state index in [4.69, 9.17) is 0 Å². The fourth-order valence-corrected chi connectivity index (χ4v) is 3.07. The Morgan fingerprint density at radius 2 is 2.04 bits per heavy atom. The summed E-state index contributed by atoms with van der Waals surface area (Å²) in [4.78, 5) is 19.1. The average molecular weight is 377 g/mol. The Kier molecular flexibility index (Phi) is 6.98. The molecular formula is C23H28N4O. The highest BCUT2D eigenvalue weighted by Crippen LogP contribution is 2.22. The van der Waals surface area contributed by atoms with Crippen molar-refractivity contribution >= 4 is 11.7 Å². The number of hydrogen-bond acceptors (Lipinski definition) is 4. The number of carbonyl (C=O) groups is 1. The molecule has 1 aliphatic heterocycles. The van der Waals surface area contributed by atoms with Crippen molar-refractivity contribution in [1.82, 2.24) is 15.2 Å². The molecule has 1 saturated heterocycles. The van der Waals surface area contributed by atoms with Crippen LogP contribution in [0.1, 0.15) is 30.6 Å². The lowest BCUT2D eigenvalue weighted by Crippen LogP contribution is -2.46. The van der Waals surface area contributed by atoms with E-state index in [0.717, 1.165) is 60.7 Å². The third kappa shape index (κ3) is 5.30. The number of anilines is 1. The van der Waals surface area contributed by atoms with E-state index in [2.05, 4.69) is 41.6 Å². The summed E-state index contributed by atoms with van der Waals surface area (Å²) in [7, 11) is 0. The predicted octanol–water partition coefficient (Wildman–Crippen LogP) is 4.08. The molecule has 0 saturated carbocycles. The summed E-state index contributed by atoms with van der Waals surface area (Å²) in [5, 5.41) is 6.49. The zero-order valence-corrected chi connectivity index (χ0v) is 16.6. The van der Waals surface area contributed by atoms with Gasteiger partial charge in [-0.3, -0.25) is 4.79 Å². The average Bonchev–Trinajstić information content (AvgIpc) is 2.76. The molecule has 0 unspecified atom stereocenters. The Balaban J connectivity index is 1.70. The van der Waals surface area contributed by atoms with Gasteiger partial charge in [-0.1, -0.05) is 31.2 Å². The predicted molar refractivity (Wildman–Crippen MR) is 115 cm³/mol. The molecule has 0 atom stereocenters. The number of nitrogens with zero attached hydrogens (tertiary/aromatic N) is 2. The first-order valence-corrected chi connectivity index (χ1v) is 9.83. The van der Waals surface area contributed by atoms with Gasteiger partial charge in [-0.05, 0) is 48.7 Å². The van der Waals surface area contributed by atoms with Crippen molar-refractivity contribution < 1.29 is 4.79 Å². The molecule has 146 valence electrons. The number of piperazine rings is 1. The van der Waals surface area contributed by atoms with E-state index in [9.17, 15) is 4.79 Å². The van der Waals surface area contributed by atoms with E-state index in [-0.39, 0.29) is 5.91 Å². The number of carbonyl (C=O) groups excluding carboxylic acids is 1. The van der Waals surface area contributed by atoms with Crippen LogP contribution in [0.3, 0.4) is 0 Å². The van der Waals surface area contributed by atoms with Gasteiger partial charge >= 0.3 is 0 Å². The second-order valence-electron chi connectivity index (χ2n) is 6.90. The molecule has 0 radical (unpaired) electrons. The minimum Gasteiger partial charge on any atom is -0.346 e. The number of aromatic nitrogens is 1. The molecule has 0 aliphatic carbocycles. The lowest BCUT2D eigenvalue weighted by Gasteiger charge is -2.27. The Morgan fingerprint density at radius 3 is 2.75 bits per heavy atom. The normalized spacial score (nSPS) is 15.1. The van der Waals surface area contributed by atoms with Gasteiger partial charge in [-0.2, -0.15) is 0 Å². The summed E-state index contributed by atoms with van der Waals surface area (Å²) in [5.74, 6) is 0.886. The van der Waals surface area contributed by atoms with Crippen LogP contribution in [0.2, 0.25) is 0 Å². The quantitative estimate of drug-likeness (QED) is 0.746. The largest absolute Gasteiger partial charge is 0.346 e. The highest BCUT2D eigenvalue weighted by Gasteiger charge is 2.18. The number of hydrogen-bond donors (Lipinski definition) is 2. The number of nitrogens with one attached hydrogen (secondary N) is 2. The molecule has 1 aliphatic rings. The molecule has 3 rings (SSSR count). The Bertz CT molecular complexity index is 849. The maximum atomic E-state index is 12.7. The fourth-order valence-electron chi connectivity index (χ4n) is 3.07. The van der Waals surface area contributed by atoms with Crippen molar-refractivity contribution in [3.8, 4) is 11.1 Å². The molecule has 5 heteroatoms. The molecule has 2 aromatic rings. The van der Waals surface area contributed by atoms with E-state index in [0.29, 0.717) is 0 Å². The van der Waals surface area contributed by atoms with Gasteiger partial charge in [0.1, 0.15) is 5.82 Å². The maximum Gasteiger partial charge on any atom is 0.253 e. The Labute approximate surface area is 167 Å². The molecule has 2 heterocycles. The van der Waals surface area contributed by atoms with Crippen molar-refractivity contribution in [1.29, 1.82) is 0 Å². The molecule has 1 fully saturated rings. The van der Waals surface area contributed by atoms with Crippen LogP contribution in [0.4, 0.5) is 5.82 Å². The van der Waals surface area contributed by atoms with Crippen LogP contribution in [0, 0.1) is 0 Å². The molecule has 0 bridgehead atoms. The molecular weight excluding hydrogens is 348 g/mol. The van der Waals surface area contributed by atoms with Crippen LogP contribution >= 0.6 is 0 Å². The molecule has 2 N–H and O–H groups in total. The van der Waals surface area contributed by atoms with Gasteiger partial charge < -0.3 is 15.5 Å². The molecule has 5 nitrogen and oxygen atoms in total. The minimum absolute atomic E-state index is 0.0929. The number of benzene rings is 1. The van der Waals surface area contributed by atoms with Gasteiger partial charge in [0.05, 0.1) is 0 Å². The Morgan fingerprint density at radius 1 is 1.21 bits per heavy atom. The second-order valence-corrected chi connectivity index (χ2v) is 6.90. The highest BCUT2D eigenvalue weighted by atomic mass is 16.2. The van der Waals surface area contributed by atoms with Crippen LogP contribution < -0.4 is 10.6 Å². The smallest absolute Gasteiger partial charge is 0.253 e. The number of rotatable bonds is 6. The van der Waals surface area contributed by atoms with Crippen LogP contribution in [0.15, 0.2) is 66.5 Å². The van der Waals surface area contributed by atoms with Crippen LogP contribution in [0.25, 0.3) is 11.1 Å². The summed E-state index contributed by atoms with van der Waals surface area (Å²) in [6.07, 6.45) is 9.01. The highest BCUT2D eigenvalue weighted by molar-refractivity contribution is 5.95. The third-order valence-corrected chi connectivity index (χ3v) is 4.67. The first-order valence-electron chi connectivity index (χ1n) is 9.83. The van der Waals surface area contributed by atoms with E-state index in [1.165, 1.54) is 0 Å². The van der Waals surface area contributed by atoms with Crippen LogP contribution in [-0.4, -0.2) is 42.0 Å². The Hall–Kier alpha value is -2.92. The zero-order valence-electron chi connectivity index (χ0n) is 16.6. The molecule has 1 aromatic carbocycles. The maximum absolute atomic E-state index is 12.7.